The molecule has 7 aromatic rings. The summed E-state index contributed by atoms with van der Waals surface area (Å²) < 4.78 is 0. The van der Waals surface area contributed by atoms with Crippen LogP contribution in [-0.2, 0) is 20.4 Å². The van der Waals surface area contributed by atoms with E-state index in [2.05, 4.69) is 202 Å². The maximum absolute atomic E-state index is 13.7. The van der Waals surface area contributed by atoms with Gasteiger partial charge in [0, 0.05) is 37.6 Å². The van der Waals surface area contributed by atoms with E-state index in [4.69, 9.17) is 0 Å². The molecule has 0 atom stereocenters. The molecule has 0 fully saturated rings. The standard InChI is InChI=1S/C67H71N3O3S/c1-13-62(5,6)66(63(7,8)14-2)54-28-22-20-26-49(54)51-37-34-46(40-56(51)66)69(47-35-38-52-50-27-21-23-29-55(50)67(57(52)41-47,64(9,10)15-3)65(11,12)16-4)44-32-30-43(31-33-44)58-39-36-48(74-58)42-53-59(61(72)73)68-70(60(53)71)45-24-18-17-19-25-45/h17-42H,13-16H2,1-12H3,(H,72,73). The molecule has 7 heteroatoms. The Labute approximate surface area is 443 Å². The van der Waals surface area contributed by atoms with Crippen molar-refractivity contribution in [2.24, 2.45) is 26.8 Å². The van der Waals surface area contributed by atoms with Gasteiger partial charge in [0.15, 0.2) is 5.71 Å². The summed E-state index contributed by atoms with van der Waals surface area (Å²) in [6.07, 6.45) is 5.73. The first-order chi connectivity index (χ1) is 35.2. The van der Waals surface area contributed by atoms with Crippen LogP contribution >= 0.6 is 11.3 Å². The first-order valence-electron chi connectivity index (χ1n) is 26.7. The average Bonchev–Trinajstić information content (AvgIpc) is 4.22. The second kappa shape index (κ2) is 18.2. The predicted octanol–water partition coefficient (Wildman–Crippen LogP) is 18.0. The van der Waals surface area contributed by atoms with Crippen LogP contribution in [0.4, 0.5) is 22.7 Å². The van der Waals surface area contributed by atoms with Crippen LogP contribution in [-0.4, -0.2) is 22.7 Å². The topological polar surface area (TPSA) is 73.2 Å². The normalized spacial score (nSPS) is 16.2. The van der Waals surface area contributed by atoms with Crippen molar-refractivity contribution in [2.75, 3.05) is 9.91 Å². The largest absolute Gasteiger partial charge is 0.476 e. The van der Waals surface area contributed by atoms with E-state index in [1.54, 1.807) is 30.3 Å². The van der Waals surface area contributed by atoms with Gasteiger partial charge in [-0.1, -0.05) is 174 Å². The van der Waals surface area contributed by atoms with Crippen molar-refractivity contribution in [2.45, 2.75) is 120 Å². The van der Waals surface area contributed by atoms with Crippen LogP contribution in [0.2, 0.25) is 0 Å². The molecule has 0 bridgehead atoms. The third-order valence-electron chi connectivity index (χ3n) is 18.6. The van der Waals surface area contributed by atoms with Crippen molar-refractivity contribution < 1.29 is 14.7 Å². The number of thiophene rings is 1. The number of carbonyl (C=O) groups excluding carboxylic acids is 1. The monoisotopic (exact) mass is 998 g/mol. The van der Waals surface area contributed by atoms with Crippen LogP contribution in [0.25, 0.3) is 38.8 Å². The van der Waals surface area contributed by atoms with Gasteiger partial charge in [0.2, 0.25) is 0 Å². The van der Waals surface area contributed by atoms with Crippen molar-refractivity contribution >= 4 is 57.8 Å². The Kier molecular flexibility index (Phi) is 12.5. The van der Waals surface area contributed by atoms with Crippen molar-refractivity contribution in [3.63, 3.8) is 0 Å². The fraction of sp³-hybridized carbons (Fsp3) is 0.328. The zero-order valence-electron chi connectivity index (χ0n) is 45.4. The minimum atomic E-state index is -1.25. The molecule has 74 heavy (non-hydrogen) atoms. The first kappa shape index (κ1) is 50.7. The van der Waals surface area contributed by atoms with Crippen LogP contribution in [0.5, 0.6) is 0 Å². The van der Waals surface area contributed by atoms with E-state index in [0.717, 1.165) is 58.1 Å². The summed E-state index contributed by atoms with van der Waals surface area (Å²) in [6, 6.07) is 54.7. The molecule has 2 aliphatic carbocycles. The second-order valence-electron chi connectivity index (χ2n) is 23.3. The van der Waals surface area contributed by atoms with Crippen molar-refractivity contribution in [3.05, 3.63) is 184 Å². The Bertz CT molecular complexity index is 3240. The van der Waals surface area contributed by atoms with Gasteiger partial charge in [-0.2, -0.15) is 10.1 Å². The highest BCUT2D eigenvalue weighted by Crippen LogP contribution is 2.69. The summed E-state index contributed by atoms with van der Waals surface area (Å²) in [7, 11) is 0. The van der Waals surface area contributed by atoms with Crippen LogP contribution in [0.1, 0.15) is 136 Å². The van der Waals surface area contributed by atoms with Gasteiger partial charge in [-0.3, -0.25) is 4.79 Å². The molecule has 1 aromatic heterocycles. The molecule has 3 aliphatic rings. The Morgan fingerprint density at radius 2 is 0.986 bits per heavy atom. The van der Waals surface area contributed by atoms with Gasteiger partial charge in [0.1, 0.15) is 0 Å². The number of carboxylic acid groups (broad SMARTS) is 1. The van der Waals surface area contributed by atoms with Gasteiger partial charge in [-0.05, 0) is 164 Å². The summed E-state index contributed by atoms with van der Waals surface area (Å²) in [4.78, 5) is 30.3. The van der Waals surface area contributed by atoms with E-state index in [0.29, 0.717) is 5.69 Å². The maximum Gasteiger partial charge on any atom is 0.357 e. The van der Waals surface area contributed by atoms with Gasteiger partial charge in [0.05, 0.1) is 11.3 Å². The maximum atomic E-state index is 13.7. The molecule has 378 valence electrons. The number of amides is 1. The van der Waals surface area contributed by atoms with E-state index < -0.39 is 11.9 Å². The number of para-hydroxylation sites is 1. The molecular weight excluding hydrogens is 927 g/mol. The van der Waals surface area contributed by atoms with Crippen molar-refractivity contribution in [1.82, 2.24) is 0 Å². The highest BCUT2D eigenvalue weighted by atomic mass is 32.1. The number of carbonyl (C=O) groups is 2. The van der Waals surface area contributed by atoms with Crippen LogP contribution in [0, 0.1) is 21.7 Å². The van der Waals surface area contributed by atoms with E-state index in [1.165, 1.54) is 60.9 Å². The number of rotatable bonds is 15. The molecule has 0 radical (unpaired) electrons. The summed E-state index contributed by atoms with van der Waals surface area (Å²) in [5, 5.41) is 15.5. The van der Waals surface area contributed by atoms with Crippen molar-refractivity contribution in [1.29, 1.82) is 0 Å². The number of carboxylic acids is 1. The molecule has 0 saturated carbocycles. The highest BCUT2D eigenvalue weighted by molar-refractivity contribution is 7.16. The molecule has 1 amide bonds. The molecule has 1 aliphatic heterocycles. The number of aliphatic carboxylic acids is 1. The fourth-order valence-corrected chi connectivity index (χ4v) is 15.0. The van der Waals surface area contributed by atoms with Gasteiger partial charge in [-0.15, -0.1) is 11.3 Å². The predicted molar refractivity (Wildman–Crippen MR) is 310 cm³/mol. The Hall–Kier alpha value is -6.83. The van der Waals surface area contributed by atoms with Crippen molar-refractivity contribution in [3.8, 4) is 32.7 Å². The van der Waals surface area contributed by atoms with E-state index in [9.17, 15) is 14.7 Å². The van der Waals surface area contributed by atoms with Crippen LogP contribution in [0.3, 0.4) is 0 Å². The zero-order valence-corrected chi connectivity index (χ0v) is 46.2. The minimum Gasteiger partial charge on any atom is -0.476 e. The number of hydrogen-bond donors (Lipinski definition) is 1. The summed E-state index contributed by atoms with van der Waals surface area (Å²) in [5.74, 6) is -1.72. The lowest BCUT2D eigenvalue weighted by atomic mass is 9.47. The molecule has 0 saturated heterocycles. The number of fused-ring (bicyclic) bond motifs is 6. The smallest absolute Gasteiger partial charge is 0.357 e. The summed E-state index contributed by atoms with van der Waals surface area (Å²) >= 11 is 1.52. The van der Waals surface area contributed by atoms with Gasteiger partial charge < -0.3 is 10.0 Å². The zero-order chi connectivity index (χ0) is 52.8. The molecule has 0 spiro atoms. The Morgan fingerprint density at radius 3 is 1.45 bits per heavy atom. The molecule has 0 unspecified atom stereocenters. The average molecular weight is 998 g/mol. The summed E-state index contributed by atoms with van der Waals surface area (Å²) in [6.45, 7) is 29.3. The van der Waals surface area contributed by atoms with E-state index >= 15 is 0 Å². The highest BCUT2D eigenvalue weighted by Gasteiger charge is 2.61. The molecule has 6 aromatic carbocycles. The molecule has 2 heterocycles. The Balaban J connectivity index is 1.15. The Morgan fingerprint density at radius 1 is 0.554 bits per heavy atom. The van der Waals surface area contributed by atoms with E-state index in [1.807, 2.05) is 18.2 Å². The number of nitrogens with zero attached hydrogens (tertiary/aromatic N) is 3. The third-order valence-corrected chi connectivity index (χ3v) is 19.7. The number of anilines is 4. The van der Waals surface area contributed by atoms with Gasteiger partial charge in [0.25, 0.3) is 5.91 Å². The lowest BCUT2D eigenvalue weighted by Gasteiger charge is -2.56. The quantitative estimate of drug-likeness (QED) is 0.104. The SMILES string of the molecule is CCC(C)(C)C1(C(C)(C)CC)c2ccccc2-c2ccc(N(c3ccc(-c4ccc(C=C5C(=O)N(c6ccccc6)N=C5C(=O)O)s4)cc3)c3ccc4c(c3)C(C(C)(C)CC)(C(C)(C)CC)c3ccccc3-4)cc21. The van der Waals surface area contributed by atoms with Crippen LogP contribution in [0.15, 0.2) is 162 Å². The minimum absolute atomic E-state index is 0.0537. The number of hydrazone groups is 1. The third kappa shape index (κ3) is 7.27. The number of hydrogen-bond acceptors (Lipinski definition) is 5. The molecule has 1 N–H and O–H groups in total. The molecule has 10 rings (SSSR count). The van der Waals surface area contributed by atoms with Crippen LogP contribution < -0.4 is 9.91 Å². The van der Waals surface area contributed by atoms with E-state index in [-0.39, 0.29) is 43.8 Å². The molecule has 6 nitrogen and oxygen atoms in total. The first-order valence-corrected chi connectivity index (χ1v) is 27.5. The van der Waals surface area contributed by atoms with Gasteiger partial charge in [-0.25, -0.2) is 4.79 Å². The van der Waals surface area contributed by atoms with Gasteiger partial charge >= 0.3 is 5.97 Å². The number of benzene rings is 6. The lowest BCUT2D eigenvalue weighted by Crippen LogP contribution is -2.52. The summed E-state index contributed by atoms with van der Waals surface area (Å²) in [5.41, 5.74) is 14.6. The lowest BCUT2D eigenvalue weighted by molar-refractivity contribution is -0.129. The fourth-order valence-electron chi connectivity index (χ4n) is 14.0. The molecular formula is C67H71N3O3S. The second-order valence-corrected chi connectivity index (χ2v) is 24.5.